The zero-order chi connectivity index (χ0) is 14.3. The van der Waals surface area contributed by atoms with E-state index in [0.717, 1.165) is 18.8 Å². The predicted octanol–water partition coefficient (Wildman–Crippen LogP) is 1.41. The maximum atomic E-state index is 11.7. The Labute approximate surface area is 120 Å². The van der Waals surface area contributed by atoms with Crippen LogP contribution in [0.4, 0.5) is 5.69 Å². The summed E-state index contributed by atoms with van der Waals surface area (Å²) in [6, 6.07) is 8.30. The summed E-state index contributed by atoms with van der Waals surface area (Å²) in [5.74, 6) is 0. The van der Waals surface area contributed by atoms with E-state index in [1.165, 1.54) is 11.8 Å². The molecule has 20 heavy (non-hydrogen) atoms. The lowest BCUT2D eigenvalue weighted by Crippen LogP contribution is -2.54. The van der Waals surface area contributed by atoms with Gasteiger partial charge in [0.2, 0.25) is 10.0 Å². The van der Waals surface area contributed by atoms with E-state index in [9.17, 15) is 8.42 Å². The summed E-state index contributed by atoms with van der Waals surface area (Å²) in [4.78, 5) is 6.76. The van der Waals surface area contributed by atoms with Crippen molar-refractivity contribution in [3.05, 3.63) is 29.8 Å². The highest BCUT2D eigenvalue weighted by Gasteiger charge is 2.34. The van der Waals surface area contributed by atoms with Crippen LogP contribution in [0.1, 0.15) is 18.5 Å². The van der Waals surface area contributed by atoms with Crippen LogP contribution in [0.25, 0.3) is 0 Å². The summed E-state index contributed by atoms with van der Waals surface area (Å²) in [5.41, 5.74) is 2.24. The number of para-hydroxylation sites is 1. The molecule has 2 aliphatic rings. The fraction of sp³-hybridized carbons (Fsp3) is 0.500. The Balaban J connectivity index is 1.78. The lowest BCUT2D eigenvalue weighted by atomic mass is 10.1. The summed E-state index contributed by atoms with van der Waals surface area (Å²) >= 11 is 0. The highest BCUT2D eigenvalue weighted by atomic mass is 32.2. The molecule has 1 saturated heterocycles. The van der Waals surface area contributed by atoms with E-state index in [2.05, 4.69) is 16.0 Å². The third-order valence-corrected chi connectivity index (χ3v) is 5.42. The van der Waals surface area contributed by atoms with Crippen molar-refractivity contribution in [2.75, 3.05) is 25.9 Å². The number of benzene rings is 1. The Hall–Kier alpha value is -1.24. The highest BCUT2D eigenvalue weighted by molar-refractivity contribution is 7.88. The standard InChI is InChI=1S/C14H19N3O2S/c1-11-10-16(7-8-17(11)20(2,18)19)14-9-15-13-6-4-3-5-12(13)14/h3-6,9,11,14H,7-8,10H2,1-2H3. The normalized spacial score (nSPS) is 27.7. The molecule has 2 atom stereocenters. The van der Waals surface area contributed by atoms with Crippen molar-refractivity contribution in [2.45, 2.75) is 19.0 Å². The monoisotopic (exact) mass is 293 g/mol. The molecule has 0 spiro atoms. The van der Waals surface area contributed by atoms with E-state index in [-0.39, 0.29) is 12.1 Å². The second-order valence-corrected chi connectivity index (χ2v) is 7.43. The lowest BCUT2D eigenvalue weighted by Gasteiger charge is -2.40. The van der Waals surface area contributed by atoms with Crippen molar-refractivity contribution in [3.63, 3.8) is 0 Å². The van der Waals surface area contributed by atoms with Crippen LogP contribution in [0.15, 0.2) is 29.3 Å². The van der Waals surface area contributed by atoms with E-state index < -0.39 is 10.0 Å². The van der Waals surface area contributed by atoms with Gasteiger partial charge in [-0.25, -0.2) is 8.42 Å². The van der Waals surface area contributed by atoms with E-state index >= 15 is 0 Å². The van der Waals surface area contributed by atoms with Crippen LogP contribution >= 0.6 is 0 Å². The molecule has 0 saturated carbocycles. The molecule has 0 N–H and O–H groups in total. The molecule has 2 aliphatic heterocycles. The van der Waals surface area contributed by atoms with Crippen LogP contribution in [-0.4, -0.2) is 55.8 Å². The molecular weight excluding hydrogens is 274 g/mol. The minimum absolute atomic E-state index is 0.0000813. The van der Waals surface area contributed by atoms with E-state index in [1.54, 1.807) is 4.31 Å². The van der Waals surface area contributed by atoms with Crippen molar-refractivity contribution in [1.82, 2.24) is 9.21 Å². The van der Waals surface area contributed by atoms with Crippen molar-refractivity contribution >= 4 is 21.9 Å². The second kappa shape index (κ2) is 4.95. The maximum absolute atomic E-state index is 11.7. The van der Waals surface area contributed by atoms with Crippen LogP contribution in [0.5, 0.6) is 0 Å². The van der Waals surface area contributed by atoms with Gasteiger partial charge in [-0.3, -0.25) is 9.89 Å². The number of aliphatic imine (C=N–C) groups is 1. The molecule has 0 bridgehead atoms. The van der Waals surface area contributed by atoms with Crippen LogP contribution in [0.2, 0.25) is 0 Å². The molecule has 1 fully saturated rings. The van der Waals surface area contributed by atoms with Crippen molar-refractivity contribution in [2.24, 2.45) is 4.99 Å². The number of fused-ring (bicyclic) bond motifs is 1. The molecule has 5 nitrogen and oxygen atoms in total. The molecule has 2 heterocycles. The van der Waals surface area contributed by atoms with Gasteiger partial charge in [0.25, 0.3) is 0 Å². The van der Waals surface area contributed by atoms with Crippen molar-refractivity contribution < 1.29 is 8.42 Å². The molecule has 6 heteroatoms. The Morgan fingerprint density at radius 2 is 2.00 bits per heavy atom. The third kappa shape index (κ3) is 2.39. The van der Waals surface area contributed by atoms with Crippen LogP contribution < -0.4 is 0 Å². The fourth-order valence-corrected chi connectivity index (χ4v) is 4.23. The first-order valence-electron chi connectivity index (χ1n) is 6.81. The largest absolute Gasteiger partial charge is 0.289 e. The van der Waals surface area contributed by atoms with Gasteiger partial charge in [-0.05, 0) is 13.0 Å². The summed E-state index contributed by atoms with van der Waals surface area (Å²) in [5, 5.41) is 0. The Bertz CT molecular complexity index is 642. The summed E-state index contributed by atoms with van der Waals surface area (Å²) in [6.45, 7) is 3.98. The number of hydrogen-bond donors (Lipinski definition) is 0. The first-order chi connectivity index (χ1) is 9.47. The van der Waals surface area contributed by atoms with E-state index in [1.807, 2.05) is 31.3 Å². The molecule has 1 aromatic rings. The smallest absolute Gasteiger partial charge is 0.211 e. The van der Waals surface area contributed by atoms with Gasteiger partial charge >= 0.3 is 0 Å². The number of sulfonamides is 1. The molecule has 108 valence electrons. The quantitative estimate of drug-likeness (QED) is 0.828. The van der Waals surface area contributed by atoms with Crippen LogP contribution in [0, 0.1) is 0 Å². The van der Waals surface area contributed by atoms with Crippen molar-refractivity contribution in [3.8, 4) is 0 Å². The van der Waals surface area contributed by atoms with Crippen LogP contribution in [-0.2, 0) is 10.0 Å². The van der Waals surface area contributed by atoms with Gasteiger partial charge in [0.1, 0.15) is 0 Å². The molecule has 2 unspecified atom stereocenters. The van der Waals surface area contributed by atoms with Gasteiger partial charge in [-0.2, -0.15) is 4.31 Å². The molecule has 1 aromatic carbocycles. The lowest BCUT2D eigenvalue weighted by molar-refractivity contribution is 0.130. The first kappa shape index (κ1) is 13.7. The Kier molecular flexibility index (Phi) is 3.40. The minimum Gasteiger partial charge on any atom is -0.289 e. The Morgan fingerprint density at radius 1 is 1.25 bits per heavy atom. The molecule has 0 radical (unpaired) electrons. The highest BCUT2D eigenvalue weighted by Crippen LogP contribution is 2.35. The van der Waals surface area contributed by atoms with Gasteiger partial charge in [0.15, 0.2) is 0 Å². The SMILES string of the molecule is CC1CN(C2C=Nc3ccccc32)CCN1S(C)(=O)=O. The van der Waals surface area contributed by atoms with Gasteiger partial charge in [-0.15, -0.1) is 0 Å². The zero-order valence-electron chi connectivity index (χ0n) is 11.7. The fourth-order valence-electron chi connectivity index (χ4n) is 3.09. The molecule has 0 amide bonds. The van der Waals surface area contributed by atoms with E-state index in [4.69, 9.17) is 0 Å². The average Bonchev–Trinajstić information content (AvgIpc) is 2.80. The minimum atomic E-state index is -3.11. The number of hydrogen-bond acceptors (Lipinski definition) is 4. The Morgan fingerprint density at radius 3 is 2.70 bits per heavy atom. The second-order valence-electron chi connectivity index (χ2n) is 5.50. The van der Waals surface area contributed by atoms with Gasteiger partial charge < -0.3 is 0 Å². The summed E-state index contributed by atoms with van der Waals surface area (Å²) in [7, 11) is -3.11. The third-order valence-electron chi connectivity index (χ3n) is 4.03. The molecule has 3 rings (SSSR count). The number of nitrogens with zero attached hydrogens (tertiary/aromatic N) is 3. The number of piperazine rings is 1. The summed E-state index contributed by atoms with van der Waals surface area (Å²) in [6.07, 6.45) is 3.25. The van der Waals surface area contributed by atoms with Gasteiger partial charge in [-0.1, -0.05) is 18.2 Å². The van der Waals surface area contributed by atoms with E-state index in [0.29, 0.717) is 6.54 Å². The molecular formula is C14H19N3O2S. The molecule has 0 aromatic heterocycles. The zero-order valence-corrected chi connectivity index (χ0v) is 12.5. The average molecular weight is 293 g/mol. The topological polar surface area (TPSA) is 53.0 Å². The molecule has 0 aliphatic carbocycles. The van der Waals surface area contributed by atoms with Gasteiger partial charge in [0.05, 0.1) is 18.0 Å². The maximum Gasteiger partial charge on any atom is 0.211 e. The first-order valence-corrected chi connectivity index (χ1v) is 8.65. The summed E-state index contributed by atoms with van der Waals surface area (Å²) < 4.78 is 25.0. The predicted molar refractivity (Wildman–Crippen MR) is 79.9 cm³/mol. The van der Waals surface area contributed by atoms with Gasteiger partial charge in [0, 0.05) is 37.5 Å². The van der Waals surface area contributed by atoms with Crippen molar-refractivity contribution in [1.29, 1.82) is 0 Å². The number of rotatable bonds is 2. The van der Waals surface area contributed by atoms with Crippen LogP contribution in [0.3, 0.4) is 0 Å².